The lowest BCUT2D eigenvalue weighted by atomic mass is 9.67. The first-order chi connectivity index (χ1) is 44.9. The predicted molar refractivity (Wildman–Crippen MR) is 376 cm³/mol. The van der Waals surface area contributed by atoms with Gasteiger partial charge in [0.2, 0.25) is 5.95 Å². The summed E-state index contributed by atoms with van der Waals surface area (Å²) in [7, 11) is 0. The van der Waals surface area contributed by atoms with Crippen LogP contribution < -0.4 is 0 Å². The first-order valence-corrected chi connectivity index (χ1v) is 32.7. The fraction of sp³-hybridized carbons (Fsp3) is 0.141. The molecular weight excluding hydrogens is 1100 g/mol. The van der Waals surface area contributed by atoms with E-state index in [9.17, 15) is 0 Å². The maximum atomic E-state index is 5.60. The second kappa shape index (κ2) is 18.9. The van der Waals surface area contributed by atoms with E-state index in [2.05, 4.69) is 270 Å². The standard InChI is InChI=1S/C85H62N6/c1-84(2)67-35-19-15-31-57(67)63-49-66-65-48-54(39-45-74(65)89(76(66)50-72(63)84)55-27-11-5-12-28-55)53-40-46-75-64(47-53)60-42-44-71-78(80(60)91(75)83-87-81(51-23-7-3-8-24-51)86-82(88-83)52-25-9-4-10-26-52)62-34-17-21-37-69(62)85(71)68-36-20-16-33-61(68)77-70(85)43-41-59-58-32-18-22-38-73(58)90(79(59)77)56-29-13-6-14-30-56/h3-5,7-13,15,18-21,23-32,35-37,39-50H,6,14,16-17,22,33-34,38H2,1-2H3. The number of para-hydroxylation sites is 1. The monoisotopic (exact) mass is 1170 g/mol. The van der Waals surface area contributed by atoms with Crippen molar-refractivity contribution >= 4 is 77.4 Å². The van der Waals surface area contributed by atoms with E-state index < -0.39 is 5.41 Å². The van der Waals surface area contributed by atoms with Crippen LogP contribution in [0.15, 0.2) is 248 Å². The third-order valence-electron chi connectivity index (χ3n) is 21.5. The minimum atomic E-state index is -0.546. The Hall–Kier alpha value is -10.7. The highest BCUT2D eigenvalue weighted by Crippen LogP contribution is 2.66. The number of allylic oxidation sites excluding steroid dienone is 13. The fourth-order valence-corrected chi connectivity index (χ4v) is 17.7. The molecule has 0 aliphatic heterocycles. The van der Waals surface area contributed by atoms with Crippen molar-refractivity contribution in [2.45, 2.75) is 76.0 Å². The Labute approximate surface area is 528 Å². The van der Waals surface area contributed by atoms with Gasteiger partial charge in [0.1, 0.15) is 0 Å². The highest BCUT2D eigenvalue weighted by Gasteiger charge is 2.55. The Bertz CT molecular complexity index is 5590. The average molecular weight is 1170 g/mol. The zero-order chi connectivity index (χ0) is 59.8. The molecule has 9 aromatic carbocycles. The molecule has 13 aromatic rings. The molecule has 0 N–H and O–H groups in total. The van der Waals surface area contributed by atoms with Crippen LogP contribution in [0.25, 0.3) is 134 Å². The van der Waals surface area contributed by atoms with Gasteiger partial charge in [-0.2, -0.15) is 9.97 Å². The minimum Gasteiger partial charge on any atom is -0.313 e. The van der Waals surface area contributed by atoms with Gasteiger partial charge in [0, 0.05) is 77.2 Å². The summed E-state index contributed by atoms with van der Waals surface area (Å²) in [4.78, 5) is 16.5. The normalized spacial score (nSPS) is 18.0. The average Bonchev–Trinajstić information content (AvgIpc) is 1.49. The van der Waals surface area contributed by atoms with E-state index in [0.717, 1.165) is 90.2 Å². The third-order valence-corrected chi connectivity index (χ3v) is 21.5. The molecule has 91 heavy (non-hydrogen) atoms. The number of hydrogen-bond donors (Lipinski definition) is 0. The summed E-state index contributed by atoms with van der Waals surface area (Å²) >= 11 is 0. The molecule has 1 unspecified atom stereocenters. The van der Waals surface area contributed by atoms with Crippen molar-refractivity contribution in [3.8, 4) is 56.7 Å². The molecule has 0 saturated heterocycles. The topological polar surface area (TPSA) is 53.5 Å². The second-order valence-electron chi connectivity index (χ2n) is 26.5. The maximum Gasteiger partial charge on any atom is 0.238 e. The van der Waals surface area contributed by atoms with Gasteiger partial charge in [-0.3, -0.25) is 4.57 Å². The molecule has 6 nitrogen and oxygen atoms in total. The van der Waals surface area contributed by atoms with Crippen molar-refractivity contribution in [3.05, 3.63) is 292 Å². The van der Waals surface area contributed by atoms with Crippen LogP contribution >= 0.6 is 0 Å². The van der Waals surface area contributed by atoms with E-state index >= 15 is 0 Å². The highest BCUT2D eigenvalue weighted by molar-refractivity contribution is 6.18. The first-order valence-electron chi connectivity index (χ1n) is 32.7. The zero-order valence-corrected chi connectivity index (χ0v) is 50.9. The molecule has 4 heterocycles. The van der Waals surface area contributed by atoms with E-state index in [1.165, 1.54) is 127 Å². The van der Waals surface area contributed by atoms with E-state index in [1.807, 2.05) is 0 Å². The summed E-state index contributed by atoms with van der Waals surface area (Å²) < 4.78 is 7.58. The molecule has 7 aliphatic rings. The van der Waals surface area contributed by atoms with Crippen molar-refractivity contribution in [1.29, 1.82) is 0 Å². The highest BCUT2D eigenvalue weighted by atomic mass is 15.2. The third kappa shape index (κ3) is 6.94. The first kappa shape index (κ1) is 51.2. The molecule has 1 spiro atoms. The van der Waals surface area contributed by atoms with Gasteiger partial charge in [-0.15, -0.1) is 0 Å². The Morgan fingerprint density at radius 1 is 0.385 bits per heavy atom. The van der Waals surface area contributed by atoms with Crippen molar-refractivity contribution < 1.29 is 0 Å². The van der Waals surface area contributed by atoms with E-state index in [1.54, 1.807) is 0 Å². The van der Waals surface area contributed by atoms with Crippen LogP contribution in [0.1, 0.15) is 103 Å². The molecule has 0 saturated carbocycles. The quantitative estimate of drug-likeness (QED) is 0.167. The molecule has 20 rings (SSSR count). The molecule has 0 amide bonds. The van der Waals surface area contributed by atoms with Crippen molar-refractivity contribution in [2.24, 2.45) is 0 Å². The second-order valence-corrected chi connectivity index (χ2v) is 26.5. The number of hydrogen-bond acceptors (Lipinski definition) is 3. The lowest BCUT2D eigenvalue weighted by Crippen LogP contribution is -2.28. The largest absolute Gasteiger partial charge is 0.313 e. The molecule has 432 valence electrons. The van der Waals surface area contributed by atoms with Gasteiger partial charge in [-0.1, -0.05) is 202 Å². The van der Waals surface area contributed by atoms with Gasteiger partial charge in [0.25, 0.3) is 0 Å². The van der Waals surface area contributed by atoms with Gasteiger partial charge >= 0.3 is 0 Å². The van der Waals surface area contributed by atoms with Crippen LogP contribution in [0.3, 0.4) is 0 Å². The van der Waals surface area contributed by atoms with Crippen molar-refractivity contribution in [2.75, 3.05) is 0 Å². The Morgan fingerprint density at radius 2 is 0.956 bits per heavy atom. The van der Waals surface area contributed by atoms with Gasteiger partial charge in [-0.25, -0.2) is 4.98 Å². The van der Waals surface area contributed by atoms with Crippen LogP contribution in [0, 0.1) is 0 Å². The lowest BCUT2D eigenvalue weighted by molar-refractivity contribution is 0.661. The van der Waals surface area contributed by atoms with Gasteiger partial charge in [0.15, 0.2) is 11.6 Å². The molecular formula is C85H62N6. The summed E-state index contributed by atoms with van der Waals surface area (Å²) in [6.45, 7) is 4.76. The van der Waals surface area contributed by atoms with Crippen molar-refractivity contribution in [1.82, 2.24) is 28.7 Å². The molecule has 7 aliphatic carbocycles. The van der Waals surface area contributed by atoms with Crippen molar-refractivity contribution in [3.63, 3.8) is 0 Å². The number of benzene rings is 9. The molecule has 0 radical (unpaired) electrons. The summed E-state index contributed by atoms with van der Waals surface area (Å²) in [5.41, 5.74) is 31.4. The summed E-state index contributed by atoms with van der Waals surface area (Å²) in [6, 6.07) is 70.1. The predicted octanol–water partition coefficient (Wildman–Crippen LogP) is 21.0. The van der Waals surface area contributed by atoms with Crippen LogP contribution in [-0.4, -0.2) is 28.7 Å². The van der Waals surface area contributed by atoms with Crippen LogP contribution in [0.4, 0.5) is 0 Å². The van der Waals surface area contributed by atoms with Gasteiger partial charge < -0.3 is 9.13 Å². The number of fused-ring (bicyclic) bond motifs is 22. The number of rotatable bonds is 6. The van der Waals surface area contributed by atoms with Gasteiger partial charge in [0.05, 0.1) is 33.0 Å². The van der Waals surface area contributed by atoms with E-state index in [0.29, 0.717) is 17.6 Å². The van der Waals surface area contributed by atoms with Crippen LogP contribution in [-0.2, 0) is 17.3 Å². The van der Waals surface area contributed by atoms with Crippen LogP contribution in [0.5, 0.6) is 0 Å². The van der Waals surface area contributed by atoms with E-state index in [4.69, 9.17) is 15.0 Å². The maximum absolute atomic E-state index is 5.60. The molecule has 0 fully saturated rings. The molecule has 0 bridgehead atoms. The molecule has 6 heteroatoms. The Balaban J connectivity index is 0.868. The number of aromatic nitrogens is 6. The Kier molecular flexibility index (Phi) is 10.7. The summed E-state index contributed by atoms with van der Waals surface area (Å²) in [6.07, 6.45) is 30.1. The SMILES string of the molecule is CC1(C)c2ccccc2-c2cc3c4cc(-c5ccc6c(c5)c5ccc7c(c5n6-c5nc(-c6ccccc6)nc(-c6ccccc6)n5)C5=C(C=CCC5)C75C6=C(CCC=C6)c6c5ccc5c7c(n(C8=CCCC=C8)c65)CCC=C7)ccc4n(-c4ccccc4)c3cc21. The van der Waals surface area contributed by atoms with E-state index in [-0.39, 0.29) is 5.41 Å². The Morgan fingerprint density at radius 3 is 1.63 bits per heavy atom. The summed E-state index contributed by atoms with van der Waals surface area (Å²) in [5.74, 6) is 1.88. The van der Waals surface area contributed by atoms with Gasteiger partial charge in [-0.05, 0) is 173 Å². The fourth-order valence-electron chi connectivity index (χ4n) is 17.7. The molecule has 4 aromatic heterocycles. The molecule has 1 atom stereocenters. The minimum absolute atomic E-state index is 0.131. The number of nitrogens with zero attached hydrogens (tertiary/aromatic N) is 6. The smallest absolute Gasteiger partial charge is 0.238 e. The zero-order valence-electron chi connectivity index (χ0n) is 50.9. The van der Waals surface area contributed by atoms with Crippen LogP contribution in [0.2, 0.25) is 0 Å². The lowest BCUT2D eigenvalue weighted by Gasteiger charge is -2.34. The summed E-state index contributed by atoms with van der Waals surface area (Å²) in [5, 5.41) is 6.19.